The van der Waals surface area contributed by atoms with Crippen LogP contribution in [0.2, 0.25) is 0 Å². The number of aryl methyl sites for hydroxylation is 1. The lowest BCUT2D eigenvalue weighted by Crippen LogP contribution is -2.34. The maximum absolute atomic E-state index is 3.61. The second-order valence-electron chi connectivity index (χ2n) is 4.87. The summed E-state index contributed by atoms with van der Waals surface area (Å²) in [7, 11) is 0. The van der Waals surface area contributed by atoms with Crippen molar-refractivity contribution in [3.05, 3.63) is 35.5 Å². The van der Waals surface area contributed by atoms with E-state index in [-0.39, 0.29) is 0 Å². The van der Waals surface area contributed by atoms with Crippen molar-refractivity contribution in [2.75, 3.05) is 0 Å². The Bertz CT molecular complexity index is 494. The second-order valence-corrected chi connectivity index (χ2v) is 4.87. The number of hydrogen-bond donors (Lipinski definition) is 2. The van der Waals surface area contributed by atoms with Crippen molar-refractivity contribution in [1.82, 2.24) is 10.3 Å². The number of hydrogen-bond acceptors (Lipinski definition) is 1. The number of fused-ring (bicyclic) bond motifs is 1. The molecule has 0 saturated heterocycles. The molecule has 2 aromatic rings. The molecular formula is C14H18N2. The van der Waals surface area contributed by atoms with Gasteiger partial charge in [0.1, 0.15) is 0 Å². The summed E-state index contributed by atoms with van der Waals surface area (Å²) in [4.78, 5) is 3.35. The molecule has 3 rings (SSSR count). The maximum atomic E-state index is 3.61. The molecular weight excluding hydrogens is 196 g/mol. The molecule has 0 atom stereocenters. The quantitative estimate of drug-likeness (QED) is 0.807. The van der Waals surface area contributed by atoms with Crippen molar-refractivity contribution < 1.29 is 0 Å². The molecule has 0 amide bonds. The molecule has 1 aromatic heterocycles. The molecule has 0 unspecified atom stereocenters. The molecule has 1 saturated carbocycles. The van der Waals surface area contributed by atoms with E-state index >= 15 is 0 Å². The van der Waals surface area contributed by atoms with Crippen molar-refractivity contribution in [2.45, 2.75) is 38.8 Å². The number of aromatic nitrogens is 1. The van der Waals surface area contributed by atoms with E-state index in [1.165, 1.54) is 41.3 Å². The fourth-order valence-corrected chi connectivity index (χ4v) is 2.31. The van der Waals surface area contributed by atoms with Crippen molar-refractivity contribution in [1.29, 1.82) is 0 Å². The van der Waals surface area contributed by atoms with Crippen LogP contribution in [-0.2, 0) is 6.54 Å². The van der Waals surface area contributed by atoms with E-state index in [1.54, 1.807) is 0 Å². The fourth-order valence-electron chi connectivity index (χ4n) is 2.31. The third kappa shape index (κ3) is 1.74. The normalized spacial score (nSPS) is 16.6. The Balaban J connectivity index is 1.80. The first-order valence-electron chi connectivity index (χ1n) is 6.13. The molecule has 1 heterocycles. The van der Waals surface area contributed by atoms with Crippen LogP contribution in [0.1, 0.15) is 30.4 Å². The summed E-state index contributed by atoms with van der Waals surface area (Å²) in [5, 5.41) is 4.97. The van der Waals surface area contributed by atoms with Crippen LogP contribution in [0.25, 0.3) is 10.9 Å². The highest BCUT2D eigenvalue weighted by Crippen LogP contribution is 2.22. The minimum absolute atomic E-state index is 0.760. The van der Waals surface area contributed by atoms with Gasteiger partial charge in [0.2, 0.25) is 0 Å². The van der Waals surface area contributed by atoms with Crippen LogP contribution in [0.3, 0.4) is 0 Å². The predicted octanol–water partition coefficient (Wildman–Crippen LogP) is 3.12. The summed E-state index contributed by atoms with van der Waals surface area (Å²) < 4.78 is 0. The SMILES string of the molecule is Cc1ccc2c(CNC3CCC3)c[nH]c2c1. The van der Waals surface area contributed by atoms with Crippen molar-refractivity contribution in [2.24, 2.45) is 0 Å². The van der Waals surface area contributed by atoms with Gasteiger partial charge >= 0.3 is 0 Å². The minimum Gasteiger partial charge on any atom is -0.361 e. The van der Waals surface area contributed by atoms with Gasteiger partial charge in [0.25, 0.3) is 0 Å². The Morgan fingerprint density at radius 1 is 1.38 bits per heavy atom. The zero-order valence-electron chi connectivity index (χ0n) is 9.72. The molecule has 2 N–H and O–H groups in total. The molecule has 1 fully saturated rings. The Labute approximate surface area is 96.1 Å². The molecule has 0 bridgehead atoms. The molecule has 16 heavy (non-hydrogen) atoms. The average molecular weight is 214 g/mol. The molecule has 0 spiro atoms. The van der Waals surface area contributed by atoms with Gasteiger partial charge in [-0.05, 0) is 37.0 Å². The van der Waals surface area contributed by atoms with Crippen molar-refractivity contribution in [3.63, 3.8) is 0 Å². The summed E-state index contributed by atoms with van der Waals surface area (Å²) in [6.07, 6.45) is 6.23. The summed E-state index contributed by atoms with van der Waals surface area (Å²) in [6.45, 7) is 3.13. The lowest BCUT2D eigenvalue weighted by Gasteiger charge is -2.26. The Hall–Kier alpha value is -1.28. The van der Waals surface area contributed by atoms with Crippen LogP contribution in [0.15, 0.2) is 24.4 Å². The van der Waals surface area contributed by atoms with E-state index in [0.717, 1.165) is 12.6 Å². The number of H-pyrrole nitrogens is 1. The van der Waals surface area contributed by atoms with Gasteiger partial charge in [-0.1, -0.05) is 18.6 Å². The molecule has 1 aromatic carbocycles. The van der Waals surface area contributed by atoms with Gasteiger partial charge in [0.05, 0.1) is 0 Å². The molecule has 1 aliphatic rings. The van der Waals surface area contributed by atoms with Gasteiger partial charge in [-0.25, -0.2) is 0 Å². The van der Waals surface area contributed by atoms with Crippen LogP contribution in [0, 0.1) is 6.92 Å². The molecule has 2 nitrogen and oxygen atoms in total. The minimum atomic E-state index is 0.760. The van der Waals surface area contributed by atoms with Crippen LogP contribution >= 0.6 is 0 Å². The highest BCUT2D eigenvalue weighted by Gasteiger charge is 2.16. The topological polar surface area (TPSA) is 27.8 Å². The van der Waals surface area contributed by atoms with Crippen LogP contribution < -0.4 is 5.32 Å². The largest absolute Gasteiger partial charge is 0.361 e. The van der Waals surface area contributed by atoms with E-state index in [4.69, 9.17) is 0 Å². The standard InChI is InChI=1S/C14H18N2/c1-10-5-6-13-11(9-16-14(13)7-10)8-15-12-3-2-4-12/h5-7,9,12,15-16H,2-4,8H2,1H3. The predicted molar refractivity (Wildman–Crippen MR) is 67.5 cm³/mol. The Morgan fingerprint density at radius 3 is 3.00 bits per heavy atom. The average Bonchev–Trinajstić information content (AvgIpc) is 2.58. The zero-order valence-corrected chi connectivity index (χ0v) is 9.72. The van der Waals surface area contributed by atoms with Crippen LogP contribution in [0.4, 0.5) is 0 Å². The van der Waals surface area contributed by atoms with E-state index in [1.807, 2.05) is 0 Å². The maximum Gasteiger partial charge on any atom is 0.0459 e. The van der Waals surface area contributed by atoms with E-state index in [0.29, 0.717) is 0 Å². The summed E-state index contributed by atoms with van der Waals surface area (Å²) in [6, 6.07) is 7.37. The Kier molecular flexibility index (Phi) is 2.44. The first-order valence-corrected chi connectivity index (χ1v) is 6.13. The monoisotopic (exact) mass is 214 g/mol. The highest BCUT2D eigenvalue weighted by atomic mass is 14.9. The number of rotatable bonds is 3. The first kappa shape index (κ1) is 9.91. The van der Waals surface area contributed by atoms with Gasteiger partial charge in [-0.3, -0.25) is 0 Å². The lowest BCUT2D eigenvalue weighted by molar-refractivity contribution is 0.338. The van der Waals surface area contributed by atoms with Crippen molar-refractivity contribution >= 4 is 10.9 Å². The first-order chi connectivity index (χ1) is 7.83. The highest BCUT2D eigenvalue weighted by molar-refractivity contribution is 5.83. The van der Waals surface area contributed by atoms with Crippen molar-refractivity contribution in [3.8, 4) is 0 Å². The number of nitrogens with one attached hydrogen (secondary N) is 2. The number of benzene rings is 1. The van der Waals surface area contributed by atoms with Crippen LogP contribution in [-0.4, -0.2) is 11.0 Å². The summed E-state index contributed by atoms with van der Waals surface area (Å²) in [5.41, 5.74) is 3.96. The molecule has 1 aliphatic carbocycles. The molecule has 0 aliphatic heterocycles. The number of aromatic amines is 1. The van der Waals surface area contributed by atoms with Gasteiger partial charge in [0, 0.05) is 29.7 Å². The molecule has 0 radical (unpaired) electrons. The summed E-state index contributed by atoms with van der Waals surface area (Å²) >= 11 is 0. The van der Waals surface area contributed by atoms with Gasteiger partial charge in [-0.15, -0.1) is 0 Å². The smallest absolute Gasteiger partial charge is 0.0459 e. The fraction of sp³-hybridized carbons (Fsp3) is 0.429. The molecule has 84 valence electrons. The zero-order chi connectivity index (χ0) is 11.0. The summed E-state index contributed by atoms with van der Waals surface area (Å²) in [5.74, 6) is 0. The van der Waals surface area contributed by atoms with Gasteiger partial charge in [0.15, 0.2) is 0 Å². The van der Waals surface area contributed by atoms with E-state index in [9.17, 15) is 0 Å². The second kappa shape index (κ2) is 3.95. The third-order valence-electron chi connectivity index (χ3n) is 3.61. The lowest BCUT2D eigenvalue weighted by atomic mass is 9.93. The Morgan fingerprint density at radius 2 is 2.25 bits per heavy atom. The van der Waals surface area contributed by atoms with Gasteiger partial charge < -0.3 is 10.3 Å². The van der Waals surface area contributed by atoms with E-state index < -0.39 is 0 Å². The van der Waals surface area contributed by atoms with E-state index in [2.05, 4.69) is 41.6 Å². The third-order valence-corrected chi connectivity index (χ3v) is 3.61. The van der Waals surface area contributed by atoms with Gasteiger partial charge in [-0.2, -0.15) is 0 Å². The molecule has 2 heteroatoms. The van der Waals surface area contributed by atoms with Crippen LogP contribution in [0.5, 0.6) is 0 Å².